The molecule has 36 heavy (non-hydrogen) atoms. The molecule has 0 aromatic heterocycles. The molecule has 0 spiro atoms. The summed E-state index contributed by atoms with van der Waals surface area (Å²) < 4.78 is 0. The van der Waals surface area contributed by atoms with Crippen molar-refractivity contribution in [3.63, 3.8) is 0 Å². The number of aliphatic hydroxyl groups excluding tert-OH is 1. The zero-order valence-corrected chi connectivity index (χ0v) is 24.1. The minimum absolute atomic E-state index is 0.00485. The highest BCUT2D eigenvalue weighted by Crippen LogP contribution is 2.72. The van der Waals surface area contributed by atoms with Gasteiger partial charge in [-0.25, -0.2) is 0 Å². The van der Waals surface area contributed by atoms with Crippen LogP contribution in [0.1, 0.15) is 126 Å². The zero-order chi connectivity index (χ0) is 26.7. The summed E-state index contributed by atoms with van der Waals surface area (Å²) in [5.74, 6) is 1.44. The SMILES string of the molecule is CC(C)CCC[C@@H](C)[C@H]1CC(=O)[C@@]2(CCC(=O)O)C3=C(CC[C@]12C)[C@@]1(C)CC[C@H](O)C(C)(C)[C@@H]1CC3. The monoisotopic (exact) mass is 500 g/mol. The van der Waals surface area contributed by atoms with Crippen molar-refractivity contribution in [1.29, 1.82) is 0 Å². The Morgan fingerprint density at radius 2 is 1.69 bits per heavy atom. The molecule has 7 atom stereocenters. The van der Waals surface area contributed by atoms with E-state index in [9.17, 15) is 19.8 Å². The molecule has 0 unspecified atom stereocenters. The molecule has 4 rings (SSSR count). The number of rotatable bonds is 8. The molecule has 0 aliphatic heterocycles. The lowest BCUT2D eigenvalue weighted by atomic mass is 9.42. The average Bonchev–Trinajstić information content (AvgIpc) is 3.02. The number of carbonyl (C=O) groups is 2. The highest BCUT2D eigenvalue weighted by Gasteiger charge is 2.68. The smallest absolute Gasteiger partial charge is 0.303 e. The lowest BCUT2D eigenvalue weighted by Gasteiger charge is -2.62. The van der Waals surface area contributed by atoms with Gasteiger partial charge >= 0.3 is 5.97 Å². The Morgan fingerprint density at radius 3 is 2.33 bits per heavy atom. The van der Waals surface area contributed by atoms with Gasteiger partial charge in [0.25, 0.3) is 0 Å². The van der Waals surface area contributed by atoms with Crippen molar-refractivity contribution in [2.45, 2.75) is 132 Å². The molecular weight excluding hydrogens is 448 g/mol. The Bertz CT molecular complexity index is 915. The summed E-state index contributed by atoms with van der Waals surface area (Å²) in [5.41, 5.74) is 1.88. The van der Waals surface area contributed by atoms with Gasteiger partial charge in [0.15, 0.2) is 0 Å². The molecule has 4 nitrogen and oxygen atoms in total. The van der Waals surface area contributed by atoms with E-state index in [0.717, 1.165) is 44.9 Å². The molecule has 4 aliphatic carbocycles. The zero-order valence-electron chi connectivity index (χ0n) is 24.1. The number of hydrogen-bond donors (Lipinski definition) is 2. The van der Waals surface area contributed by atoms with Crippen molar-refractivity contribution in [3.05, 3.63) is 11.1 Å². The Hall–Kier alpha value is -1.16. The summed E-state index contributed by atoms with van der Waals surface area (Å²) in [6, 6.07) is 0. The minimum Gasteiger partial charge on any atom is -0.481 e. The maximum Gasteiger partial charge on any atom is 0.303 e. The van der Waals surface area contributed by atoms with E-state index >= 15 is 0 Å². The van der Waals surface area contributed by atoms with Gasteiger partial charge in [-0.2, -0.15) is 0 Å². The number of carbonyl (C=O) groups excluding carboxylic acids is 1. The Balaban J connectivity index is 1.78. The van der Waals surface area contributed by atoms with Gasteiger partial charge in [-0.3, -0.25) is 9.59 Å². The fourth-order valence-corrected chi connectivity index (χ4v) is 10.1. The van der Waals surface area contributed by atoms with E-state index in [1.165, 1.54) is 24.0 Å². The fraction of sp³-hybridized carbons (Fsp3) is 0.875. The van der Waals surface area contributed by atoms with E-state index < -0.39 is 11.4 Å². The van der Waals surface area contributed by atoms with E-state index in [0.29, 0.717) is 42.3 Å². The van der Waals surface area contributed by atoms with Crippen LogP contribution in [0.2, 0.25) is 0 Å². The molecule has 4 heteroatoms. The Morgan fingerprint density at radius 1 is 1.00 bits per heavy atom. The summed E-state index contributed by atoms with van der Waals surface area (Å²) in [7, 11) is 0. The topological polar surface area (TPSA) is 74.6 Å². The van der Waals surface area contributed by atoms with Crippen LogP contribution in [0.3, 0.4) is 0 Å². The number of ketones is 1. The van der Waals surface area contributed by atoms with Gasteiger partial charge in [-0.1, -0.05) is 78.9 Å². The Labute approximate surface area is 219 Å². The number of aliphatic hydroxyl groups is 1. The lowest BCUT2D eigenvalue weighted by molar-refractivity contribution is -0.139. The van der Waals surface area contributed by atoms with Gasteiger partial charge in [-0.05, 0) is 84.9 Å². The van der Waals surface area contributed by atoms with Crippen LogP contribution >= 0.6 is 0 Å². The molecule has 0 heterocycles. The first-order chi connectivity index (χ1) is 16.7. The summed E-state index contributed by atoms with van der Waals surface area (Å²) in [4.78, 5) is 26.2. The van der Waals surface area contributed by atoms with Crippen LogP contribution in [-0.4, -0.2) is 28.1 Å². The van der Waals surface area contributed by atoms with Crippen LogP contribution in [0.4, 0.5) is 0 Å². The minimum atomic E-state index is -0.789. The van der Waals surface area contributed by atoms with Gasteiger partial charge < -0.3 is 10.2 Å². The number of hydrogen-bond acceptors (Lipinski definition) is 3. The highest BCUT2D eigenvalue weighted by atomic mass is 16.4. The molecule has 2 saturated carbocycles. The first-order valence-corrected chi connectivity index (χ1v) is 14.9. The van der Waals surface area contributed by atoms with Crippen LogP contribution < -0.4 is 0 Å². The number of Topliss-reactive ketones (excluding diaryl/α,β-unsaturated/α-hetero) is 1. The molecule has 0 aromatic carbocycles. The largest absolute Gasteiger partial charge is 0.481 e. The second kappa shape index (κ2) is 9.54. The molecular formula is C32H52O4. The van der Waals surface area contributed by atoms with Crippen molar-refractivity contribution >= 4 is 11.8 Å². The van der Waals surface area contributed by atoms with Gasteiger partial charge in [-0.15, -0.1) is 0 Å². The van der Waals surface area contributed by atoms with Crippen LogP contribution in [0.5, 0.6) is 0 Å². The quantitative estimate of drug-likeness (QED) is 0.337. The first-order valence-electron chi connectivity index (χ1n) is 14.9. The highest BCUT2D eigenvalue weighted by molar-refractivity contribution is 5.93. The lowest BCUT2D eigenvalue weighted by Crippen LogP contribution is -2.56. The predicted octanol–water partition coefficient (Wildman–Crippen LogP) is 7.58. The van der Waals surface area contributed by atoms with Crippen LogP contribution in [0.25, 0.3) is 0 Å². The molecule has 2 fully saturated rings. The van der Waals surface area contributed by atoms with E-state index in [1.54, 1.807) is 0 Å². The number of aliphatic carboxylic acids is 1. The van der Waals surface area contributed by atoms with Crippen LogP contribution in [-0.2, 0) is 9.59 Å². The molecule has 0 saturated heterocycles. The first kappa shape index (κ1) is 27.9. The third kappa shape index (κ3) is 4.03. The van der Waals surface area contributed by atoms with Crippen LogP contribution in [0, 0.1) is 45.3 Å². The second-order valence-electron chi connectivity index (χ2n) is 14.6. The third-order valence-electron chi connectivity index (χ3n) is 12.1. The standard InChI is InChI=1S/C32H52O4/c1-20(2)9-8-10-21(3)24-19-27(34)32(18-15-28(35)36)23-11-12-25-29(4,5)26(33)14-16-30(25,6)22(23)13-17-31(24,32)7/h20-21,24-26,33H,8-19H2,1-7H3,(H,35,36)/t21-,24-,25+,26+,30-,31-,32-/m1/s1. The summed E-state index contributed by atoms with van der Waals surface area (Å²) in [5, 5.41) is 20.6. The molecule has 2 N–H and O–H groups in total. The molecule has 0 aromatic rings. The summed E-state index contributed by atoms with van der Waals surface area (Å²) >= 11 is 0. The summed E-state index contributed by atoms with van der Waals surface area (Å²) in [6.07, 6.45) is 10.1. The fourth-order valence-electron chi connectivity index (χ4n) is 10.1. The van der Waals surface area contributed by atoms with E-state index in [-0.39, 0.29) is 28.8 Å². The Kier molecular flexibility index (Phi) is 7.39. The number of fused-ring (bicyclic) bond motifs is 4. The number of allylic oxidation sites excluding steroid dienone is 2. The molecule has 4 aliphatic rings. The van der Waals surface area contributed by atoms with Gasteiger partial charge in [0.2, 0.25) is 0 Å². The van der Waals surface area contributed by atoms with Gasteiger partial charge in [0.05, 0.1) is 11.5 Å². The van der Waals surface area contributed by atoms with E-state index in [2.05, 4.69) is 48.5 Å². The predicted molar refractivity (Wildman–Crippen MR) is 144 cm³/mol. The van der Waals surface area contributed by atoms with Crippen molar-refractivity contribution < 1.29 is 19.8 Å². The van der Waals surface area contributed by atoms with Crippen molar-refractivity contribution in [3.8, 4) is 0 Å². The molecule has 204 valence electrons. The molecule has 0 radical (unpaired) electrons. The number of carboxylic acid groups (broad SMARTS) is 1. The maximum absolute atomic E-state index is 14.3. The van der Waals surface area contributed by atoms with Crippen molar-refractivity contribution in [2.75, 3.05) is 0 Å². The van der Waals surface area contributed by atoms with Crippen molar-refractivity contribution in [2.24, 2.45) is 45.3 Å². The number of carboxylic acids is 1. The molecule has 0 amide bonds. The maximum atomic E-state index is 14.3. The van der Waals surface area contributed by atoms with E-state index in [4.69, 9.17) is 0 Å². The third-order valence-corrected chi connectivity index (χ3v) is 12.1. The normalized spacial score (nSPS) is 40.6. The van der Waals surface area contributed by atoms with Gasteiger partial charge in [0.1, 0.15) is 5.78 Å². The van der Waals surface area contributed by atoms with Crippen molar-refractivity contribution in [1.82, 2.24) is 0 Å². The average molecular weight is 501 g/mol. The van der Waals surface area contributed by atoms with E-state index in [1.807, 2.05) is 0 Å². The second-order valence-corrected chi connectivity index (χ2v) is 14.6. The molecule has 0 bridgehead atoms. The van der Waals surface area contributed by atoms with Crippen LogP contribution in [0.15, 0.2) is 11.1 Å². The van der Waals surface area contributed by atoms with Gasteiger partial charge in [0, 0.05) is 12.8 Å². The summed E-state index contributed by atoms with van der Waals surface area (Å²) in [6.45, 7) is 16.1.